The van der Waals surface area contributed by atoms with Gasteiger partial charge in [-0.3, -0.25) is 14.4 Å². The van der Waals surface area contributed by atoms with Gasteiger partial charge in [0.15, 0.2) is 17.3 Å². The van der Waals surface area contributed by atoms with Gasteiger partial charge in [-0.05, 0) is 57.4 Å². The SMILES string of the molecule is CCCOc1ccc(C(=O)c2ccccc2C(=O)NC(C)C(=O)NC(C)CC)cc1OCCC. The minimum atomic E-state index is -0.742. The lowest BCUT2D eigenvalue weighted by molar-refractivity contribution is -0.123. The molecule has 0 aliphatic heterocycles. The first-order valence-corrected chi connectivity index (χ1v) is 12.0. The van der Waals surface area contributed by atoms with Crippen LogP contribution >= 0.6 is 0 Å². The van der Waals surface area contributed by atoms with E-state index in [4.69, 9.17) is 9.47 Å². The van der Waals surface area contributed by atoms with Gasteiger partial charge in [0.1, 0.15) is 6.04 Å². The van der Waals surface area contributed by atoms with Crippen molar-refractivity contribution in [3.63, 3.8) is 0 Å². The quantitative estimate of drug-likeness (QED) is 0.421. The van der Waals surface area contributed by atoms with Crippen molar-refractivity contribution in [3.05, 3.63) is 59.2 Å². The van der Waals surface area contributed by atoms with Crippen molar-refractivity contribution in [1.82, 2.24) is 10.6 Å². The first-order chi connectivity index (χ1) is 16.3. The molecule has 0 aromatic heterocycles. The number of carbonyl (C=O) groups is 3. The van der Waals surface area contributed by atoms with Crippen molar-refractivity contribution in [2.75, 3.05) is 13.2 Å². The van der Waals surface area contributed by atoms with E-state index in [2.05, 4.69) is 10.6 Å². The lowest BCUT2D eigenvalue weighted by Gasteiger charge is -2.18. The Balaban J connectivity index is 2.27. The fourth-order valence-electron chi connectivity index (χ4n) is 3.15. The van der Waals surface area contributed by atoms with Gasteiger partial charge in [0.05, 0.1) is 18.8 Å². The summed E-state index contributed by atoms with van der Waals surface area (Å²) in [7, 11) is 0. The van der Waals surface area contributed by atoms with E-state index < -0.39 is 11.9 Å². The Morgan fingerprint density at radius 2 is 1.44 bits per heavy atom. The molecule has 0 heterocycles. The number of benzene rings is 2. The number of amides is 2. The third-order valence-electron chi connectivity index (χ3n) is 5.29. The summed E-state index contributed by atoms with van der Waals surface area (Å²) < 4.78 is 11.6. The van der Waals surface area contributed by atoms with Crippen molar-refractivity contribution in [3.8, 4) is 11.5 Å². The average Bonchev–Trinajstić information content (AvgIpc) is 2.85. The second kappa shape index (κ2) is 13.4. The predicted octanol–water partition coefficient (Wildman–Crippen LogP) is 4.53. The average molecular weight is 469 g/mol. The van der Waals surface area contributed by atoms with Gasteiger partial charge in [-0.2, -0.15) is 0 Å². The molecule has 0 saturated carbocycles. The molecule has 0 spiro atoms. The van der Waals surface area contributed by atoms with Crippen LogP contribution in [0.3, 0.4) is 0 Å². The standard InChI is InChI=1S/C27H36N2O5/c1-6-15-33-23-14-13-20(17-24(23)34-16-7-2)25(30)21-11-9-10-12-22(21)27(32)29-19(5)26(31)28-18(4)8-3/h9-14,17-19H,6-8,15-16H2,1-5H3,(H,28,31)(H,29,32). The predicted molar refractivity (Wildman–Crippen MR) is 133 cm³/mol. The van der Waals surface area contributed by atoms with Crippen LogP contribution in [0.1, 0.15) is 80.2 Å². The Morgan fingerprint density at radius 3 is 2.06 bits per heavy atom. The van der Waals surface area contributed by atoms with Crippen LogP contribution in [0.5, 0.6) is 11.5 Å². The largest absolute Gasteiger partial charge is 0.490 e. The van der Waals surface area contributed by atoms with Gasteiger partial charge in [-0.15, -0.1) is 0 Å². The summed E-state index contributed by atoms with van der Waals surface area (Å²) in [5.41, 5.74) is 0.842. The minimum Gasteiger partial charge on any atom is -0.490 e. The van der Waals surface area contributed by atoms with Crippen molar-refractivity contribution >= 4 is 17.6 Å². The zero-order valence-corrected chi connectivity index (χ0v) is 20.8. The summed E-state index contributed by atoms with van der Waals surface area (Å²) in [5, 5.41) is 5.54. The van der Waals surface area contributed by atoms with E-state index >= 15 is 0 Å². The molecule has 0 radical (unpaired) electrons. The van der Waals surface area contributed by atoms with Crippen LogP contribution in [-0.4, -0.2) is 42.9 Å². The molecule has 2 atom stereocenters. The summed E-state index contributed by atoms with van der Waals surface area (Å²) in [6.45, 7) is 10.5. The first-order valence-electron chi connectivity index (χ1n) is 12.0. The second-order valence-electron chi connectivity index (χ2n) is 8.25. The number of hydrogen-bond acceptors (Lipinski definition) is 5. The Labute approximate surface area is 202 Å². The van der Waals surface area contributed by atoms with Crippen molar-refractivity contribution in [1.29, 1.82) is 0 Å². The summed E-state index contributed by atoms with van der Waals surface area (Å²) in [6.07, 6.45) is 2.46. The molecule has 2 aromatic carbocycles. The lowest BCUT2D eigenvalue weighted by Crippen LogP contribution is -2.47. The summed E-state index contributed by atoms with van der Waals surface area (Å²) in [5.74, 6) is 0.0105. The van der Waals surface area contributed by atoms with Crippen LogP contribution in [0.4, 0.5) is 0 Å². The molecule has 2 rings (SSSR count). The maximum absolute atomic E-state index is 13.4. The highest BCUT2D eigenvalue weighted by Crippen LogP contribution is 2.30. The molecule has 0 saturated heterocycles. The lowest BCUT2D eigenvalue weighted by atomic mass is 9.97. The number of nitrogens with one attached hydrogen (secondary N) is 2. The minimum absolute atomic E-state index is 0.00844. The molecule has 7 nitrogen and oxygen atoms in total. The molecule has 0 bridgehead atoms. The van der Waals surface area contributed by atoms with E-state index in [9.17, 15) is 14.4 Å². The van der Waals surface area contributed by atoms with Crippen LogP contribution < -0.4 is 20.1 Å². The monoisotopic (exact) mass is 468 g/mol. The van der Waals surface area contributed by atoms with Crippen LogP contribution in [0, 0.1) is 0 Å². The topological polar surface area (TPSA) is 93.7 Å². The van der Waals surface area contributed by atoms with Gasteiger partial charge < -0.3 is 20.1 Å². The Morgan fingerprint density at radius 1 is 0.824 bits per heavy atom. The molecule has 34 heavy (non-hydrogen) atoms. The zero-order chi connectivity index (χ0) is 25.1. The van der Waals surface area contributed by atoms with Crippen LogP contribution in [0.2, 0.25) is 0 Å². The molecule has 184 valence electrons. The molecular weight excluding hydrogens is 432 g/mol. The molecule has 2 N–H and O–H groups in total. The molecule has 0 fully saturated rings. The molecular formula is C27H36N2O5. The fourth-order valence-corrected chi connectivity index (χ4v) is 3.15. The van der Waals surface area contributed by atoms with Gasteiger partial charge in [0, 0.05) is 17.2 Å². The summed E-state index contributed by atoms with van der Waals surface area (Å²) in [6, 6.07) is 10.9. The van der Waals surface area contributed by atoms with Gasteiger partial charge in [-0.25, -0.2) is 0 Å². The van der Waals surface area contributed by atoms with Gasteiger partial charge in [-0.1, -0.05) is 39.0 Å². The second-order valence-corrected chi connectivity index (χ2v) is 8.25. The first kappa shape index (κ1) is 26.9. The maximum atomic E-state index is 13.4. The van der Waals surface area contributed by atoms with Crippen LogP contribution in [0.25, 0.3) is 0 Å². The van der Waals surface area contributed by atoms with E-state index in [0.29, 0.717) is 30.3 Å². The molecule has 2 aromatic rings. The van der Waals surface area contributed by atoms with Crippen molar-refractivity contribution in [2.24, 2.45) is 0 Å². The van der Waals surface area contributed by atoms with E-state index in [-0.39, 0.29) is 28.9 Å². The third kappa shape index (κ3) is 7.33. The van der Waals surface area contributed by atoms with E-state index in [1.54, 1.807) is 49.4 Å². The van der Waals surface area contributed by atoms with Crippen LogP contribution in [-0.2, 0) is 4.79 Å². The number of ketones is 1. The zero-order valence-electron chi connectivity index (χ0n) is 20.8. The molecule has 2 unspecified atom stereocenters. The highest BCUT2D eigenvalue weighted by atomic mass is 16.5. The molecule has 7 heteroatoms. The van der Waals surface area contributed by atoms with Crippen molar-refractivity contribution < 1.29 is 23.9 Å². The Bertz CT molecular complexity index is 989. The Kier molecular flexibility index (Phi) is 10.6. The summed E-state index contributed by atoms with van der Waals surface area (Å²) in [4.78, 5) is 38.7. The van der Waals surface area contributed by atoms with E-state index in [1.807, 2.05) is 27.7 Å². The normalized spacial score (nSPS) is 12.4. The molecule has 0 aliphatic carbocycles. The molecule has 0 aliphatic rings. The highest BCUT2D eigenvalue weighted by molar-refractivity contribution is 6.15. The number of ether oxygens (including phenoxy) is 2. The van der Waals surface area contributed by atoms with Gasteiger partial charge in [0.25, 0.3) is 5.91 Å². The molecule has 2 amide bonds. The van der Waals surface area contributed by atoms with Gasteiger partial charge >= 0.3 is 0 Å². The number of hydrogen-bond donors (Lipinski definition) is 2. The summed E-state index contributed by atoms with van der Waals surface area (Å²) >= 11 is 0. The van der Waals surface area contributed by atoms with E-state index in [1.165, 1.54) is 0 Å². The highest BCUT2D eigenvalue weighted by Gasteiger charge is 2.23. The Hall–Kier alpha value is -3.35. The van der Waals surface area contributed by atoms with Gasteiger partial charge in [0.2, 0.25) is 5.91 Å². The van der Waals surface area contributed by atoms with E-state index in [0.717, 1.165) is 19.3 Å². The van der Waals surface area contributed by atoms with Crippen molar-refractivity contribution in [2.45, 2.75) is 66.0 Å². The third-order valence-corrected chi connectivity index (χ3v) is 5.29. The number of rotatable bonds is 13. The number of carbonyl (C=O) groups excluding carboxylic acids is 3. The fraction of sp³-hybridized carbons (Fsp3) is 0.444. The smallest absolute Gasteiger partial charge is 0.252 e. The maximum Gasteiger partial charge on any atom is 0.252 e. The van der Waals surface area contributed by atoms with Crippen LogP contribution in [0.15, 0.2) is 42.5 Å².